The normalized spacial score (nSPS) is 18.5. The molecule has 0 bridgehead atoms. The summed E-state index contributed by atoms with van der Waals surface area (Å²) in [6.07, 6.45) is 0.463. The summed E-state index contributed by atoms with van der Waals surface area (Å²) in [7, 11) is 0. The van der Waals surface area contributed by atoms with Gasteiger partial charge < -0.3 is 5.73 Å². The number of carbonyl (C=O) groups is 2. The van der Waals surface area contributed by atoms with Gasteiger partial charge in [-0.1, -0.05) is 15.9 Å². The number of nitrogens with zero attached hydrogens (tertiary/aromatic N) is 2. The molecule has 1 aromatic carbocycles. The summed E-state index contributed by atoms with van der Waals surface area (Å²) in [5, 5.41) is 2.53. The molecule has 2 heterocycles. The SMILES string of the molecule is Cc1nc2cc(Br)cc(N)c2c(=O)n1C1CCC(=O)NC1=O. The molecule has 1 aromatic heterocycles. The highest BCUT2D eigenvalue weighted by molar-refractivity contribution is 9.10. The average Bonchev–Trinajstić information content (AvgIpc) is 2.39. The van der Waals surface area contributed by atoms with Crippen molar-refractivity contribution in [3.8, 4) is 0 Å². The van der Waals surface area contributed by atoms with E-state index in [0.29, 0.717) is 17.0 Å². The van der Waals surface area contributed by atoms with Crippen molar-refractivity contribution in [2.45, 2.75) is 25.8 Å². The number of hydrogen-bond acceptors (Lipinski definition) is 5. The number of benzene rings is 1. The molecule has 3 N–H and O–H groups in total. The summed E-state index contributed by atoms with van der Waals surface area (Å²) >= 11 is 3.31. The highest BCUT2D eigenvalue weighted by Gasteiger charge is 2.30. The molecule has 8 heteroatoms. The minimum absolute atomic E-state index is 0.191. The van der Waals surface area contributed by atoms with Gasteiger partial charge in [0.2, 0.25) is 11.8 Å². The van der Waals surface area contributed by atoms with Gasteiger partial charge in [0, 0.05) is 16.6 Å². The topological polar surface area (TPSA) is 107 Å². The van der Waals surface area contributed by atoms with Gasteiger partial charge in [-0.3, -0.25) is 24.3 Å². The zero-order valence-electron chi connectivity index (χ0n) is 11.7. The standard InChI is InChI=1S/C14H13BrN4O3/c1-6-17-9-5-7(15)4-8(16)12(9)14(22)19(6)10-2-3-11(20)18-13(10)21/h4-5,10H,2-3,16H2,1H3,(H,18,20,21). The maximum atomic E-state index is 12.8. The van der Waals surface area contributed by atoms with E-state index in [1.165, 1.54) is 4.57 Å². The Morgan fingerprint density at radius 3 is 2.77 bits per heavy atom. The van der Waals surface area contributed by atoms with E-state index in [4.69, 9.17) is 5.73 Å². The summed E-state index contributed by atoms with van der Waals surface area (Å²) < 4.78 is 2.04. The van der Waals surface area contributed by atoms with Gasteiger partial charge in [0.1, 0.15) is 11.9 Å². The van der Waals surface area contributed by atoms with Crippen molar-refractivity contribution in [2.75, 3.05) is 5.73 Å². The molecule has 2 aromatic rings. The second-order valence-electron chi connectivity index (χ2n) is 5.19. The molecular weight excluding hydrogens is 352 g/mol. The largest absolute Gasteiger partial charge is 0.398 e. The van der Waals surface area contributed by atoms with Crippen molar-refractivity contribution in [3.05, 3.63) is 32.8 Å². The molecule has 22 heavy (non-hydrogen) atoms. The third kappa shape index (κ3) is 2.29. The number of anilines is 1. The molecule has 0 saturated carbocycles. The van der Waals surface area contributed by atoms with Crippen LogP contribution >= 0.6 is 15.9 Å². The highest BCUT2D eigenvalue weighted by Crippen LogP contribution is 2.25. The van der Waals surface area contributed by atoms with Crippen molar-refractivity contribution >= 4 is 44.3 Å². The second kappa shape index (κ2) is 5.20. The average molecular weight is 365 g/mol. The monoisotopic (exact) mass is 364 g/mol. The van der Waals surface area contributed by atoms with Gasteiger partial charge in [-0.25, -0.2) is 4.98 Å². The van der Waals surface area contributed by atoms with E-state index in [1.807, 2.05) is 0 Å². The van der Waals surface area contributed by atoms with Crippen molar-refractivity contribution in [1.82, 2.24) is 14.9 Å². The van der Waals surface area contributed by atoms with Crippen molar-refractivity contribution in [2.24, 2.45) is 0 Å². The number of rotatable bonds is 1. The maximum absolute atomic E-state index is 12.8. The zero-order chi connectivity index (χ0) is 16.0. The van der Waals surface area contributed by atoms with Gasteiger partial charge in [-0.2, -0.15) is 0 Å². The molecule has 1 aliphatic heterocycles. The molecule has 1 unspecified atom stereocenters. The number of nitrogens with one attached hydrogen (secondary N) is 1. The van der Waals surface area contributed by atoms with Gasteiger partial charge in [0.25, 0.3) is 5.56 Å². The van der Waals surface area contributed by atoms with Crippen LogP contribution in [0.25, 0.3) is 10.9 Å². The molecule has 7 nitrogen and oxygen atoms in total. The number of nitrogens with two attached hydrogens (primary N) is 1. The van der Waals surface area contributed by atoms with Crippen LogP contribution in [0.15, 0.2) is 21.4 Å². The smallest absolute Gasteiger partial charge is 0.264 e. The predicted molar refractivity (Wildman–Crippen MR) is 84.3 cm³/mol. The first-order valence-electron chi connectivity index (χ1n) is 6.70. The fourth-order valence-electron chi connectivity index (χ4n) is 2.73. The Morgan fingerprint density at radius 1 is 1.36 bits per heavy atom. The molecule has 1 saturated heterocycles. The molecule has 1 fully saturated rings. The van der Waals surface area contributed by atoms with E-state index in [9.17, 15) is 14.4 Å². The van der Waals surface area contributed by atoms with Crippen LogP contribution in [0, 0.1) is 6.92 Å². The molecule has 2 amide bonds. The molecule has 1 atom stereocenters. The van der Waals surface area contributed by atoms with Gasteiger partial charge in [0.15, 0.2) is 0 Å². The third-order valence-electron chi connectivity index (χ3n) is 3.70. The van der Waals surface area contributed by atoms with E-state index in [-0.39, 0.29) is 29.7 Å². The Labute approximate surface area is 133 Å². The molecule has 1 aliphatic rings. The van der Waals surface area contributed by atoms with Crippen LogP contribution in [0.1, 0.15) is 24.7 Å². The minimum Gasteiger partial charge on any atom is -0.398 e. The quantitative estimate of drug-likeness (QED) is 0.580. The predicted octanol–water partition coefficient (Wildman–Crippen LogP) is 1.03. The number of imide groups is 1. The Morgan fingerprint density at radius 2 is 2.09 bits per heavy atom. The molecule has 114 valence electrons. The summed E-state index contributed by atoms with van der Waals surface area (Å²) in [6, 6.07) is 2.58. The van der Waals surface area contributed by atoms with Crippen molar-refractivity contribution in [1.29, 1.82) is 0 Å². The van der Waals surface area contributed by atoms with Crippen molar-refractivity contribution < 1.29 is 9.59 Å². The van der Waals surface area contributed by atoms with E-state index in [1.54, 1.807) is 19.1 Å². The van der Waals surface area contributed by atoms with Gasteiger partial charge in [-0.05, 0) is 25.5 Å². The lowest BCUT2D eigenvalue weighted by Crippen LogP contribution is -2.45. The van der Waals surface area contributed by atoms with Crippen LogP contribution < -0.4 is 16.6 Å². The van der Waals surface area contributed by atoms with Crippen LogP contribution in [0.5, 0.6) is 0 Å². The highest BCUT2D eigenvalue weighted by atomic mass is 79.9. The lowest BCUT2D eigenvalue weighted by Gasteiger charge is -2.24. The minimum atomic E-state index is -0.745. The van der Waals surface area contributed by atoms with Crippen molar-refractivity contribution in [3.63, 3.8) is 0 Å². The van der Waals surface area contributed by atoms with E-state index in [2.05, 4.69) is 26.2 Å². The maximum Gasteiger partial charge on any atom is 0.264 e. The van der Waals surface area contributed by atoms with E-state index >= 15 is 0 Å². The number of aryl methyl sites for hydroxylation is 1. The third-order valence-corrected chi connectivity index (χ3v) is 4.16. The first-order chi connectivity index (χ1) is 10.4. The molecule has 0 spiro atoms. The van der Waals surface area contributed by atoms with Crippen LogP contribution in [-0.4, -0.2) is 21.4 Å². The molecule has 0 radical (unpaired) electrons. The van der Waals surface area contributed by atoms with Crippen LogP contribution in [0.2, 0.25) is 0 Å². The van der Waals surface area contributed by atoms with E-state index in [0.717, 1.165) is 4.47 Å². The molecule has 3 rings (SSSR count). The lowest BCUT2D eigenvalue weighted by atomic mass is 10.1. The lowest BCUT2D eigenvalue weighted by molar-refractivity contribution is -0.135. The number of piperidine rings is 1. The fourth-order valence-corrected chi connectivity index (χ4v) is 3.19. The van der Waals surface area contributed by atoms with Crippen LogP contribution in [0.3, 0.4) is 0 Å². The number of fused-ring (bicyclic) bond motifs is 1. The van der Waals surface area contributed by atoms with E-state index < -0.39 is 11.9 Å². The Hall–Kier alpha value is -2.22. The van der Waals surface area contributed by atoms with Gasteiger partial charge >= 0.3 is 0 Å². The first-order valence-corrected chi connectivity index (χ1v) is 7.49. The number of amides is 2. The Balaban J connectivity index is 2.25. The Bertz CT molecular complexity index is 874. The summed E-state index contributed by atoms with van der Waals surface area (Å²) in [5.41, 5.74) is 6.32. The zero-order valence-corrected chi connectivity index (χ0v) is 13.3. The first kappa shape index (κ1) is 14.7. The Kier molecular flexibility index (Phi) is 3.48. The number of halogens is 1. The fraction of sp³-hybridized carbons (Fsp3) is 0.286. The second-order valence-corrected chi connectivity index (χ2v) is 6.11. The molecular formula is C14H13BrN4O3. The number of aromatic nitrogens is 2. The van der Waals surface area contributed by atoms with Gasteiger partial charge in [0.05, 0.1) is 10.9 Å². The number of carbonyl (C=O) groups excluding carboxylic acids is 2. The van der Waals surface area contributed by atoms with Gasteiger partial charge in [-0.15, -0.1) is 0 Å². The molecule has 0 aliphatic carbocycles. The number of nitrogen functional groups attached to an aromatic ring is 1. The number of hydrogen-bond donors (Lipinski definition) is 2. The summed E-state index contributed by atoms with van der Waals surface area (Å²) in [4.78, 5) is 40.4. The van der Waals surface area contributed by atoms with Crippen LogP contribution in [-0.2, 0) is 9.59 Å². The summed E-state index contributed by atoms with van der Waals surface area (Å²) in [5.74, 6) is -0.410. The van der Waals surface area contributed by atoms with Crippen LogP contribution in [0.4, 0.5) is 5.69 Å². The summed E-state index contributed by atoms with van der Waals surface area (Å²) in [6.45, 7) is 1.65.